The van der Waals surface area contributed by atoms with Gasteiger partial charge in [0, 0.05) is 11.0 Å². The molecule has 4 heteroatoms. The van der Waals surface area contributed by atoms with E-state index in [0.717, 1.165) is 16.4 Å². The summed E-state index contributed by atoms with van der Waals surface area (Å²) in [6, 6.07) is 0. The topological polar surface area (TPSA) is 25.8 Å². The minimum Gasteiger partial charge on any atom is -0.226 e. The molecule has 0 saturated carbocycles. The van der Waals surface area contributed by atoms with E-state index in [1.165, 1.54) is 0 Å². The van der Waals surface area contributed by atoms with Crippen LogP contribution < -0.4 is 0 Å². The van der Waals surface area contributed by atoms with Crippen molar-refractivity contribution in [3.63, 3.8) is 0 Å². The van der Waals surface area contributed by atoms with Gasteiger partial charge in [-0.3, -0.25) is 0 Å². The number of aromatic nitrogens is 2. The maximum Gasteiger partial charge on any atom is 0.136 e. The van der Waals surface area contributed by atoms with E-state index in [9.17, 15) is 0 Å². The Balaban J connectivity index is 3.30. The van der Waals surface area contributed by atoms with Crippen LogP contribution in [0.4, 0.5) is 0 Å². The molecule has 0 fully saturated rings. The molecular weight excluding hydrogens is 216 g/mol. The molecule has 78 valence electrons. The molecule has 0 saturated heterocycles. The fraction of sp³-hybridized carbons (Fsp3) is 0.600. The van der Waals surface area contributed by atoms with Gasteiger partial charge in [-0.2, -0.15) is 0 Å². The molecule has 0 unspecified atom stereocenters. The lowest BCUT2D eigenvalue weighted by Gasteiger charge is -2.18. The number of nitrogens with zero attached hydrogens (tertiary/aromatic N) is 2. The molecule has 1 heterocycles. The summed E-state index contributed by atoms with van der Waals surface area (Å²) < 4.78 is 0. The largest absolute Gasteiger partial charge is 0.226 e. The second-order valence-electron chi connectivity index (χ2n) is 4.22. The van der Waals surface area contributed by atoms with E-state index in [1.54, 1.807) is 11.8 Å². The highest BCUT2D eigenvalue weighted by Crippen LogP contribution is 2.27. The fourth-order valence-electron chi connectivity index (χ4n) is 1.00. The van der Waals surface area contributed by atoms with E-state index in [-0.39, 0.29) is 5.41 Å². The number of rotatable bonds is 1. The summed E-state index contributed by atoms with van der Waals surface area (Å²) in [4.78, 5) is 8.78. The number of thioether (sulfide) groups is 1. The molecule has 1 aromatic heterocycles. The van der Waals surface area contributed by atoms with E-state index in [0.29, 0.717) is 5.15 Å². The van der Waals surface area contributed by atoms with E-state index in [2.05, 4.69) is 30.7 Å². The van der Waals surface area contributed by atoms with Crippen molar-refractivity contribution in [1.82, 2.24) is 9.97 Å². The van der Waals surface area contributed by atoms with Crippen molar-refractivity contribution in [1.29, 1.82) is 0 Å². The zero-order chi connectivity index (χ0) is 10.9. The third-order valence-corrected chi connectivity index (χ3v) is 3.06. The van der Waals surface area contributed by atoms with Crippen LogP contribution in [0.1, 0.15) is 32.2 Å². The number of halogens is 1. The van der Waals surface area contributed by atoms with Crippen molar-refractivity contribution < 1.29 is 0 Å². The Morgan fingerprint density at radius 2 is 1.79 bits per heavy atom. The lowest BCUT2D eigenvalue weighted by Crippen LogP contribution is -2.17. The first-order valence-electron chi connectivity index (χ1n) is 4.45. The molecule has 14 heavy (non-hydrogen) atoms. The molecule has 0 amide bonds. The van der Waals surface area contributed by atoms with E-state index in [4.69, 9.17) is 11.6 Å². The first kappa shape index (κ1) is 11.8. The summed E-state index contributed by atoms with van der Waals surface area (Å²) in [7, 11) is 0. The zero-order valence-corrected chi connectivity index (χ0v) is 10.8. The predicted molar refractivity (Wildman–Crippen MR) is 62.3 cm³/mol. The quantitative estimate of drug-likeness (QED) is 0.546. The molecule has 1 rings (SSSR count). The van der Waals surface area contributed by atoms with Crippen LogP contribution in [-0.2, 0) is 5.41 Å². The average Bonchev–Trinajstić information content (AvgIpc) is 2.07. The normalized spacial score (nSPS) is 11.9. The van der Waals surface area contributed by atoms with Crippen LogP contribution in [0.25, 0.3) is 0 Å². The van der Waals surface area contributed by atoms with Crippen LogP contribution in [0.3, 0.4) is 0 Å². The monoisotopic (exact) mass is 230 g/mol. The van der Waals surface area contributed by atoms with Gasteiger partial charge in [0.25, 0.3) is 0 Å². The predicted octanol–water partition coefficient (Wildman–Crippen LogP) is 3.46. The third kappa shape index (κ3) is 2.39. The highest BCUT2D eigenvalue weighted by atomic mass is 35.5. The van der Waals surface area contributed by atoms with Gasteiger partial charge in [0.2, 0.25) is 0 Å². The molecule has 0 aliphatic carbocycles. The van der Waals surface area contributed by atoms with Crippen LogP contribution in [0, 0.1) is 6.92 Å². The van der Waals surface area contributed by atoms with Crippen molar-refractivity contribution in [2.75, 3.05) is 6.26 Å². The first-order chi connectivity index (χ1) is 6.36. The summed E-state index contributed by atoms with van der Waals surface area (Å²) in [6.45, 7) is 8.19. The van der Waals surface area contributed by atoms with Crippen molar-refractivity contribution >= 4 is 23.4 Å². The maximum absolute atomic E-state index is 6.04. The summed E-state index contributed by atoms with van der Waals surface area (Å²) in [5.41, 5.74) is 0.911. The van der Waals surface area contributed by atoms with Crippen LogP contribution in [-0.4, -0.2) is 16.2 Å². The van der Waals surface area contributed by atoms with Crippen molar-refractivity contribution in [2.45, 2.75) is 38.1 Å². The van der Waals surface area contributed by atoms with Gasteiger partial charge in [0.1, 0.15) is 16.0 Å². The Morgan fingerprint density at radius 1 is 1.21 bits per heavy atom. The molecule has 0 spiro atoms. The Bertz CT molecular complexity index is 345. The van der Waals surface area contributed by atoms with Crippen LogP contribution in [0.15, 0.2) is 5.03 Å². The lowest BCUT2D eigenvalue weighted by atomic mass is 9.96. The average molecular weight is 231 g/mol. The molecule has 0 aliphatic heterocycles. The second-order valence-corrected chi connectivity index (χ2v) is 5.38. The van der Waals surface area contributed by atoms with E-state index in [1.807, 2.05) is 13.2 Å². The van der Waals surface area contributed by atoms with Gasteiger partial charge in [-0.1, -0.05) is 32.4 Å². The van der Waals surface area contributed by atoms with Crippen molar-refractivity contribution in [3.8, 4) is 0 Å². The van der Waals surface area contributed by atoms with Gasteiger partial charge < -0.3 is 0 Å². The lowest BCUT2D eigenvalue weighted by molar-refractivity contribution is 0.537. The third-order valence-electron chi connectivity index (χ3n) is 1.91. The Kier molecular flexibility index (Phi) is 3.43. The Hall–Kier alpha value is -0.280. The molecule has 0 atom stereocenters. The van der Waals surface area contributed by atoms with Gasteiger partial charge >= 0.3 is 0 Å². The van der Waals surface area contributed by atoms with Crippen LogP contribution in [0.2, 0.25) is 5.15 Å². The molecule has 1 aromatic rings. The van der Waals surface area contributed by atoms with Crippen LogP contribution in [0.5, 0.6) is 0 Å². The molecule has 0 aromatic carbocycles. The van der Waals surface area contributed by atoms with Gasteiger partial charge in [0.05, 0.1) is 0 Å². The smallest absolute Gasteiger partial charge is 0.136 e. The molecule has 0 N–H and O–H groups in total. The maximum atomic E-state index is 6.04. The molecule has 0 aliphatic rings. The standard InChI is InChI=1S/C10H15ClN2S/c1-6-7(11)12-9(10(2,3)4)13-8(6)14-5/h1-5H3. The highest BCUT2D eigenvalue weighted by molar-refractivity contribution is 7.98. The summed E-state index contributed by atoms with van der Waals surface area (Å²) in [6.07, 6.45) is 2.00. The van der Waals surface area contributed by atoms with Crippen molar-refractivity contribution in [3.05, 3.63) is 16.5 Å². The van der Waals surface area contributed by atoms with Crippen molar-refractivity contribution in [2.24, 2.45) is 0 Å². The highest BCUT2D eigenvalue weighted by Gasteiger charge is 2.20. The zero-order valence-electron chi connectivity index (χ0n) is 9.18. The molecule has 0 bridgehead atoms. The SMILES string of the molecule is CSc1nc(C(C)(C)C)nc(Cl)c1C. The number of hydrogen-bond donors (Lipinski definition) is 0. The van der Waals surface area contributed by atoms with E-state index < -0.39 is 0 Å². The minimum absolute atomic E-state index is 0.0537. The Morgan fingerprint density at radius 3 is 2.21 bits per heavy atom. The Labute approximate surface area is 94.5 Å². The van der Waals surface area contributed by atoms with Gasteiger partial charge in [-0.25, -0.2) is 9.97 Å². The summed E-state index contributed by atoms with van der Waals surface area (Å²) >= 11 is 7.64. The van der Waals surface area contributed by atoms with Gasteiger partial charge in [-0.15, -0.1) is 11.8 Å². The second kappa shape index (κ2) is 4.07. The fourth-order valence-corrected chi connectivity index (χ4v) is 1.81. The van der Waals surface area contributed by atoms with Gasteiger partial charge in [0.15, 0.2) is 0 Å². The summed E-state index contributed by atoms with van der Waals surface area (Å²) in [5.74, 6) is 0.803. The minimum atomic E-state index is -0.0537. The summed E-state index contributed by atoms with van der Waals surface area (Å²) in [5, 5.41) is 1.53. The molecular formula is C10H15ClN2S. The van der Waals surface area contributed by atoms with Crippen LogP contribution >= 0.6 is 23.4 Å². The van der Waals surface area contributed by atoms with Gasteiger partial charge in [-0.05, 0) is 13.2 Å². The molecule has 2 nitrogen and oxygen atoms in total. The molecule has 0 radical (unpaired) electrons. The first-order valence-corrected chi connectivity index (χ1v) is 6.05. The number of hydrogen-bond acceptors (Lipinski definition) is 3. The van der Waals surface area contributed by atoms with E-state index >= 15 is 0 Å².